The van der Waals surface area contributed by atoms with Crippen molar-refractivity contribution < 1.29 is 4.79 Å². The van der Waals surface area contributed by atoms with Crippen LogP contribution in [0.5, 0.6) is 0 Å². The van der Waals surface area contributed by atoms with Crippen molar-refractivity contribution in [1.29, 1.82) is 0 Å². The predicted octanol–water partition coefficient (Wildman–Crippen LogP) is -0.0870. The Morgan fingerprint density at radius 2 is 2.45 bits per heavy atom. The Morgan fingerprint density at radius 1 is 1.73 bits per heavy atom. The second-order valence-corrected chi connectivity index (χ2v) is 1.90. The van der Waals surface area contributed by atoms with Crippen LogP contribution in [-0.2, 0) is 0 Å². The molecular weight excluding hydrogens is 144 g/mol. The van der Waals surface area contributed by atoms with E-state index in [1.165, 1.54) is 6.20 Å². The Kier molecular flexibility index (Phi) is 2.00. The van der Waals surface area contributed by atoms with E-state index >= 15 is 0 Å². The Hall–Kier alpha value is -1.65. The molecule has 0 unspecified atom stereocenters. The molecule has 0 atom stereocenters. The number of aldehydes is 1. The summed E-state index contributed by atoms with van der Waals surface area (Å²) >= 11 is 0. The summed E-state index contributed by atoms with van der Waals surface area (Å²) in [5.74, 6) is 0.604. The van der Waals surface area contributed by atoms with Gasteiger partial charge in [-0.25, -0.2) is 4.98 Å². The lowest BCUT2D eigenvalue weighted by Gasteiger charge is -2.01. The van der Waals surface area contributed by atoms with Crippen molar-refractivity contribution in [2.75, 3.05) is 18.1 Å². The van der Waals surface area contributed by atoms with Gasteiger partial charge in [-0.05, 0) is 0 Å². The molecule has 0 aromatic carbocycles. The van der Waals surface area contributed by atoms with Gasteiger partial charge in [-0.2, -0.15) is 4.98 Å². The summed E-state index contributed by atoms with van der Waals surface area (Å²) in [6, 6.07) is 0. The lowest BCUT2D eigenvalue weighted by Crippen LogP contribution is -2.02. The molecule has 0 saturated heterocycles. The van der Waals surface area contributed by atoms with Crippen molar-refractivity contribution in [3.63, 3.8) is 0 Å². The first kappa shape index (κ1) is 7.46. The fourth-order valence-corrected chi connectivity index (χ4v) is 0.691. The van der Waals surface area contributed by atoms with Crippen LogP contribution in [0.2, 0.25) is 0 Å². The third-order valence-electron chi connectivity index (χ3n) is 1.20. The van der Waals surface area contributed by atoms with Crippen LogP contribution in [0.15, 0.2) is 6.20 Å². The average molecular weight is 152 g/mol. The van der Waals surface area contributed by atoms with Crippen molar-refractivity contribution in [2.24, 2.45) is 0 Å². The predicted molar refractivity (Wildman–Crippen MR) is 41.4 cm³/mol. The minimum Gasteiger partial charge on any atom is -0.372 e. The standard InChI is InChI=1S/C6H8N4O/c1-8-5-4(3-11)2-9-6(7)10-5/h2-3H,1H3,(H3,7,8,9,10). The number of carbonyl (C=O) groups excluding carboxylic acids is 1. The van der Waals surface area contributed by atoms with E-state index in [1.807, 2.05) is 0 Å². The Balaban J connectivity index is 3.16. The Morgan fingerprint density at radius 3 is 3.00 bits per heavy atom. The summed E-state index contributed by atoms with van der Waals surface area (Å²) in [5.41, 5.74) is 5.68. The van der Waals surface area contributed by atoms with E-state index in [2.05, 4.69) is 15.3 Å². The molecule has 0 spiro atoms. The summed E-state index contributed by atoms with van der Waals surface area (Å²) in [6.07, 6.45) is 2.05. The van der Waals surface area contributed by atoms with E-state index in [9.17, 15) is 4.79 Å². The maximum atomic E-state index is 10.3. The van der Waals surface area contributed by atoms with Gasteiger partial charge in [0.15, 0.2) is 6.29 Å². The molecule has 5 heteroatoms. The molecule has 0 bridgehead atoms. The quantitative estimate of drug-likeness (QED) is 0.579. The topological polar surface area (TPSA) is 80.9 Å². The van der Waals surface area contributed by atoms with Crippen molar-refractivity contribution in [3.05, 3.63) is 11.8 Å². The largest absolute Gasteiger partial charge is 0.372 e. The fraction of sp³-hybridized carbons (Fsp3) is 0.167. The van der Waals surface area contributed by atoms with Gasteiger partial charge < -0.3 is 11.1 Å². The van der Waals surface area contributed by atoms with E-state index in [-0.39, 0.29) is 5.95 Å². The van der Waals surface area contributed by atoms with Gasteiger partial charge in [-0.3, -0.25) is 4.79 Å². The highest BCUT2D eigenvalue weighted by Crippen LogP contribution is 2.07. The molecule has 58 valence electrons. The first-order valence-corrected chi connectivity index (χ1v) is 3.03. The summed E-state index contributed by atoms with van der Waals surface area (Å²) in [7, 11) is 1.66. The number of hydrogen-bond acceptors (Lipinski definition) is 5. The number of aromatic nitrogens is 2. The molecule has 1 aromatic rings. The zero-order chi connectivity index (χ0) is 8.27. The van der Waals surface area contributed by atoms with E-state index in [0.717, 1.165) is 0 Å². The van der Waals surface area contributed by atoms with Crippen molar-refractivity contribution >= 4 is 18.1 Å². The van der Waals surface area contributed by atoms with Crippen molar-refractivity contribution in [2.45, 2.75) is 0 Å². The maximum absolute atomic E-state index is 10.3. The first-order chi connectivity index (χ1) is 5.27. The molecule has 3 N–H and O–H groups in total. The number of nitrogens with two attached hydrogens (primary N) is 1. The summed E-state index contributed by atoms with van der Waals surface area (Å²) in [6.45, 7) is 0. The second-order valence-electron chi connectivity index (χ2n) is 1.90. The third-order valence-corrected chi connectivity index (χ3v) is 1.20. The molecule has 0 saturated carbocycles. The van der Waals surface area contributed by atoms with Crippen molar-refractivity contribution in [3.8, 4) is 0 Å². The highest BCUT2D eigenvalue weighted by molar-refractivity contribution is 5.82. The average Bonchev–Trinajstić information content (AvgIpc) is 2.04. The third kappa shape index (κ3) is 1.43. The van der Waals surface area contributed by atoms with Gasteiger partial charge >= 0.3 is 0 Å². The molecule has 1 rings (SSSR count). The second kappa shape index (κ2) is 2.96. The van der Waals surface area contributed by atoms with E-state index in [1.54, 1.807) is 7.05 Å². The molecule has 0 fully saturated rings. The smallest absolute Gasteiger partial charge is 0.221 e. The number of nitrogen functional groups attached to an aromatic ring is 1. The highest BCUT2D eigenvalue weighted by Gasteiger charge is 2.01. The summed E-state index contributed by atoms with van der Waals surface area (Å²) < 4.78 is 0. The summed E-state index contributed by atoms with van der Waals surface area (Å²) in [5, 5.41) is 2.72. The number of anilines is 2. The molecule has 0 amide bonds. The van der Waals surface area contributed by atoms with Gasteiger partial charge in [0.25, 0.3) is 0 Å². The Bertz CT molecular complexity index is 273. The van der Waals surface area contributed by atoms with Gasteiger partial charge in [0.05, 0.1) is 5.56 Å². The summed E-state index contributed by atoms with van der Waals surface area (Å²) in [4.78, 5) is 17.8. The number of nitrogens with one attached hydrogen (secondary N) is 1. The van der Waals surface area contributed by atoms with Crippen LogP contribution in [0.1, 0.15) is 10.4 Å². The molecule has 5 nitrogen and oxygen atoms in total. The van der Waals surface area contributed by atoms with E-state index < -0.39 is 0 Å². The lowest BCUT2D eigenvalue weighted by atomic mass is 10.3. The molecule has 0 aliphatic carbocycles. The van der Waals surface area contributed by atoms with Crippen LogP contribution in [0.4, 0.5) is 11.8 Å². The molecule has 0 aliphatic heterocycles. The van der Waals surface area contributed by atoms with Crippen LogP contribution in [0.3, 0.4) is 0 Å². The van der Waals surface area contributed by atoms with E-state index in [4.69, 9.17) is 5.73 Å². The van der Waals surface area contributed by atoms with Gasteiger partial charge in [0.1, 0.15) is 5.82 Å². The van der Waals surface area contributed by atoms with Gasteiger partial charge in [-0.15, -0.1) is 0 Å². The van der Waals surface area contributed by atoms with Crippen LogP contribution >= 0.6 is 0 Å². The number of hydrogen-bond donors (Lipinski definition) is 2. The molecular formula is C6H8N4O. The zero-order valence-corrected chi connectivity index (χ0v) is 6.03. The van der Waals surface area contributed by atoms with Gasteiger partial charge in [0, 0.05) is 13.2 Å². The highest BCUT2D eigenvalue weighted by atomic mass is 16.1. The minimum absolute atomic E-state index is 0.153. The van der Waals surface area contributed by atoms with Crippen LogP contribution in [-0.4, -0.2) is 23.3 Å². The number of nitrogens with zero attached hydrogens (tertiary/aromatic N) is 2. The van der Waals surface area contributed by atoms with E-state index in [0.29, 0.717) is 17.7 Å². The van der Waals surface area contributed by atoms with Gasteiger partial charge in [0.2, 0.25) is 5.95 Å². The monoisotopic (exact) mass is 152 g/mol. The molecule has 1 aromatic heterocycles. The molecule has 0 radical (unpaired) electrons. The van der Waals surface area contributed by atoms with Crippen LogP contribution < -0.4 is 11.1 Å². The zero-order valence-electron chi connectivity index (χ0n) is 6.03. The molecule has 11 heavy (non-hydrogen) atoms. The van der Waals surface area contributed by atoms with Gasteiger partial charge in [-0.1, -0.05) is 0 Å². The van der Waals surface area contributed by atoms with Crippen LogP contribution in [0.25, 0.3) is 0 Å². The first-order valence-electron chi connectivity index (χ1n) is 3.03. The number of rotatable bonds is 2. The van der Waals surface area contributed by atoms with Crippen molar-refractivity contribution in [1.82, 2.24) is 9.97 Å². The molecule has 0 aliphatic rings. The lowest BCUT2D eigenvalue weighted by molar-refractivity contribution is 0.112. The molecule has 1 heterocycles. The minimum atomic E-state index is 0.153. The maximum Gasteiger partial charge on any atom is 0.221 e. The fourth-order valence-electron chi connectivity index (χ4n) is 0.691. The number of carbonyl (C=O) groups is 1. The Labute approximate surface area is 63.7 Å². The van der Waals surface area contributed by atoms with Crippen LogP contribution in [0, 0.1) is 0 Å². The normalized spacial score (nSPS) is 9.18. The SMILES string of the molecule is CNc1nc(N)ncc1C=O.